The summed E-state index contributed by atoms with van der Waals surface area (Å²) in [5, 5.41) is 4.28. The molecule has 29 heavy (non-hydrogen) atoms. The van der Waals surface area contributed by atoms with Crippen LogP contribution in [0.25, 0.3) is 11.0 Å². The van der Waals surface area contributed by atoms with Crippen LogP contribution in [0.5, 0.6) is 0 Å². The van der Waals surface area contributed by atoms with Gasteiger partial charge in [0.2, 0.25) is 5.55 Å². The number of amides is 1. The lowest BCUT2D eigenvalue weighted by molar-refractivity contribution is 0.0854. The van der Waals surface area contributed by atoms with E-state index in [9.17, 15) is 4.79 Å². The molecule has 1 N–H and O–H groups in total. The Hall–Kier alpha value is -2.63. The number of benzene rings is 2. The van der Waals surface area contributed by atoms with E-state index >= 15 is 0 Å². The van der Waals surface area contributed by atoms with Gasteiger partial charge in [-0.3, -0.25) is 4.79 Å². The van der Waals surface area contributed by atoms with Gasteiger partial charge in [-0.15, -0.1) is 0 Å². The number of halogens is 1. The number of fused-ring (bicyclic) bond motifs is 1. The molecule has 6 heteroatoms. The van der Waals surface area contributed by atoms with Crippen molar-refractivity contribution in [1.29, 1.82) is 0 Å². The highest BCUT2D eigenvalue weighted by Crippen LogP contribution is 2.22. The molecule has 1 aliphatic heterocycles. The molecule has 1 amide bonds. The first-order chi connectivity index (χ1) is 14.0. The monoisotopic (exact) mass is 410 g/mol. The zero-order chi connectivity index (χ0) is 20.4. The van der Waals surface area contributed by atoms with Crippen LogP contribution in [-0.4, -0.2) is 25.2 Å². The molecular formula is C23H23ClN2O3. The third kappa shape index (κ3) is 4.52. The van der Waals surface area contributed by atoms with Crippen LogP contribution in [0.2, 0.25) is 5.02 Å². The molecule has 0 spiro atoms. The quantitative estimate of drug-likeness (QED) is 0.669. The number of nitrogens with zero attached hydrogens (tertiary/aromatic N) is 1. The van der Waals surface area contributed by atoms with Gasteiger partial charge in [0.25, 0.3) is 5.91 Å². The van der Waals surface area contributed by atoms with E-state index in [1.807, 2.05) is 26.0 Å². The van der Waals surface area contributed by atoms with Crippen LogP contribution < -0.4 is 10.9 Å². The van der Waals surface area contributed by atoms with Gasteiger partial charge >= 0.3 is 0 Å². The molecule has 1 fully saturated rings. The van der Waals surface area contributed by atoms with Gasteiger partial charge in [0.05, 0.1) is 11.8 Å². The van der Waals surface area contributed by atoms with Gasteiger partial charge in [0.1, 0.15) is 11.1 Å². The normalized spacial score (nSPS) is 17.1. The van der Waals surface area contributed by atoms with Gasteiger partial charge < -0.3 is 14.5 Å². The molecule has 0 unspecified atom stereocenters. The Morgan fingerprint density at radius 1 is 1.21 bits per heavy atom. The minimum absolute atomic E-state index is 0.0607. The highest BCUT2D eigenvalue weighted by molar-refractivity contribution is 6.31. The smallest absolute Gasteiger partial charge is 0.256 e. The standard InChI is InChI=1S/C23H23ClN2O3/c1-14-5-7-20(15(2)10-14)26-23-19(22(27)25-13-18-4-3-9-28-18)12-16-11-17(24)6-8-21(16)29-23/h5-8,10-12,18H,3-4,9,13H2,1-2H3,(H,25,27)/t18-/m1/s1. The zero-order valence-corrected chi connectivity index (χ0v) is 17.3. The maximum atomic E-state index is 13.0. The molecule has 1 aromatic heterocycles. The van der Waals surface area contributed by atoms with Crippen molar-refractivity contribution in [2.75, 3.05) is 13.2 Å². The Balaban J connectivity index is 1.78. The van der Waals surface area contributed by atoms with Crippen LogP contribution in [0.3, 0.4) is 0 Å². The summed E-state index contributed by atoms with van der Waals surface area (Å²) in [5.74, 6) is -0.241. The number of carbonyl (C=O) groups is 1. The molecule has 0 saturated carbocycles. The number of aryl methyl sites for hydroxylation is 2. The van der Waals surface area contributed by atoms with Crippen LogP contribution in [0, 0.1) is 13.8 Å². The summed E-state index contributed by atoms with van der Waals surface area (Å²) in [6.07, 6.45) is 2.04. The largest absolute Gasteiger partial charge is 0.438 e. The van der Waals surface area contributed by atoms with Crippen molar-refractivity contribution in [2.24, 2.45) is 4.99 Å². The molecule has 4 rings (SSSR count). The molecule has 1 atom stereocenters. The van der Waals surface area contributed by atoms with Crippen molar-refractivity contribution in [1.82, 2.24) is 5.32 Å². The average molecular weight is 411 g/mol. The van der Waals surface area contributed by atoms with Crippen molar-refractivity contribution in [3.05, 3.63) is 69.7 Å². The average Bonchev–Trinajstić information content (AvgIpc) is 3.21. The van der Waals surface area contributed by atoms with Crippen LogP contribution in [0.4, 0.5) is 5.69 Å². The van der Waals surface area contributed by atoms with E-state index in [1.165, 1.54) is 0 Å². The summed E-state index contributed by atoms with van der Waals surface area (Å²) >= 11 is 6.12. The van der Waals surface area contributed by atoms with E-state index in [-0.39, 0.29) is 17.6 Å². The second kappa shape index (κ2) is 8.39. The summed E-state index contributed by atoms with van der Waals surface area (Å²) < 4.78 is 11.6. The van der Waals surface area contributed by atoms with Gasteiger partial charge in [-0.25, -0.2) is 4.99 Å². The molecule has 0 bridgehead atoms. The first-order valence-electron chi connectivity index (χ1n) is 9.75. The first-order valence-corrected chi connectivity index (χ1v) is 10.1. The van der Waals surface area contributed by atoms with Crippen molar-refractivity contribution in [2.45, 2.75) is 32.8 Å². The van der Waals surface area contributed by atoms with Gasteiger partial charge in [-0.2, -0.15) is 0 Å². The van der Waals surface area contributed by atoms with E-state index in [2.05, 4.69) is 16.4 Å². The van der Waals surface area contributed by atoms with E-state index in [0.29, 0.717) is 22.7 Å². The van der Waals surface area contributed by atoms with Gasteiger partial charge in [-0.1, -0.05) is 29.3 Å². The highest BCUT2D eigenvalue weighted by Gasteiger charge is 2.18. The van der Waals surface area contributed by atoms with E-state index < -0.39 is 0 Å². The summed E-state index contributed by atoms with van der Waals surface area (Å²) in [6, 6.07) is 13.1. The first kappa shape index (κ1) is 19.7. The Bertz CT molecular complexity index is 1130. The molecule has 2 aromatic carbocycles. The zero-order valence-electron chi connectivity index (χ0n) is 16.5. The second-order valence-electron chi connectivity index (χ2n) is 7.39. The van der Waals surface area contributed by atoms with E-state index in [0.717, 1.165) is 41.6 Å². The fourth-order valence-corrected chi connectivity index (χ4v) is 3.68. The molecule has 3 aromatic rings. The molecule has 5 nitrogen and oxygen atoms in total. The third-order valence-electron chi connectivity index (χ3n) is 5.04. The molecule has 0 aliphatic carbocycles. The van der Waals surface area contributed by atoms with Crippen LogP contribution in [0.1, 0.15) is 34.3 Å². The van der Waals surface area contributed by atoms with Crippen LogP contribution >= 0.6 is 11.6 Å². The number of rotatable bonds is 4. The molecule has 2 heterocycles. The Kier molecular flexibility index (Phi) is 5.69. The maximum Gasteiger partial charge on any atom is 0.256 e. The molecule has 150 valence electrons. The lowest BCUT2D eigenvalue weighted by Gasteiger charge is -2.11. The fourth-order valence-electron chi connectivity index (χ4n) is 3.49. The number of hydrogen-bond acceptors (Lipinski definition) is 4. The lowest BCUT2D eigenvalue weighted by Crippen LogP contribution is -2.34. The maximum absolute atomic E-state index is 13.0. The van der Waals surface area contributed by atoms with Gasteiger partial charge in [-0.05, 0) is 62.6 Å². The predicted octanol–water partition coefficient (Wildman–Crippen LogP) is 4.84. The SMILES string of the molecule is Cc1ccc(N=c2oc3ccc(Cl)cc3cc2C(=O)NC[C@H]2CCCO2)c(C)c1. The third-order valence-corrected chi connectivity index (χ3v) is 5.28. The Labute approximate surface area is 174 Å². The van der Waals surface area contributed by atoms with Crippen molar-refractivity contribution in [3.63, 3.8) is 0 Å². The number of ether oxygens (including phenoxy) is 1. The molecule has 1 aliphatic rings. The summed E-state index contributed by atoms with van der Waals surface area (Å²) in [6.45, 7) is 5.24. The number of hydrogen-bond donors (Lipinski definition) is 1. The number of carbonyl (C=O) groups excluding carboxylic acids is 1. The fraction of sp³-hybridized carbons (Fsp3) is 0.304. The topological polar surface area (TPSA) is 63.8 Å². The van der Waals surface area contributed by atoms with Gasteiger partial charge in [0.15, 0.2) is 0 Å². The van der Waals surface area contributed by atoms with Crippen LogP contribution in [-0.2, 0) is 4.74 Å². The summed E-state index contributed by atoms with van der Waals surface area (Å²) in [7, 11) is 0. The summed E-state index contributed by atoms with van der Waals surface area (Å²) in [5.41, 5.74) is 4.20. The lowest BCUT2D eigenvalue weighted by atomic mass is 10.1. The van der Waals surface area contributed by atoms with E-state index in [4.69, 9.17) is 20.8 Å². The molecule has 0 radical (unpaired) electrons. The molecular weight excluding hydrogens is 388 g/mol. The molecule has 1 saturated heterocycles. The minimum atomic E-state index is -0.241. The second-order valence-corrected chi connectivity index (χ2v) is 7.83. The van der Waals surface area contributed by atoms with Crippen molar-refractivity contribution in [3.8, 4) is 0 Å². The van der Waals surface area contributed by atoms with Crippen molar-refractivity contribution < 1.29 is 13.9 Å². The van der Waals surface area contributed by atoms with Gasteiger partial charge in [0, 0.05) is 23.6 Å². The Morgan fingerprint density at radius 2 is 2.07 bits per heavy atom. The minimum Gasteiger partial charge on any atom is -0.438 e. The number of nitrogens with one attached hydrogen (secondary N) is 1. The Morgan fingerprint density at radius 3 is 2.83 bits per heavy atom. The predicted molar refractivity (Wildman–Crippen MR) is 114 cm³/mol. The highest BCUT2D eigenvalue weighted by atomic mass is 35.5. The van der Waals surface area contributed by atoms with Crippen LogP contribution in [0.15, 0.2) is 51.9 Å². The van der Waals surface area contributed by atoms with Crippen molar-refractivity contribution >= 4 is 34.2 Å². The van der Waals surface area contributed by atoms with E-state index in [1.54, 1.807) is 24.3 Å². The summed E-state index contributed by atoms with van der Waals surface area (Å²) in [4.78, 5) is 17.6.